The lowest BCUT2D eigenvalue weighted by Crippen LogP contribution is -2.33. The Hall–Kier alpha value is -2.72. The molecule has 122 valence electrons. The molecule has 6 nitrogen and oxygen atoms in total. The van der Waals surface area contributed by atoms with Gasteiger partial charge in [0, 0.05) is 4.88 Å². The lowest BCUT2D eigenvalue weighted by Gasteiger charge is -2.10. The van der Waals surface area contributed by atoms with Gasteiger partial charge in [-0.3, -0.25) is 4.79 Å². The normalized spacial score (nSPS) is 12.1. The van der Waals surface area contributed by atoms with Gasteiger partial charge in [-0.25, -0.2) is 4.98 Å². The number of hydrogen-bond donors (Lipinski definition) is 1. The van der Waals surface area contributed by atoms with Crippen LogP contribution in [0.3, 0.4) is 0 Å². The number of nitrogens with one attached hydrogen (secondary N) is 1. The average Bonchev–Trinajstić information content (AvgIpc) is 3.18. The molecule has 0 radical (unpaired) electrons. The Balaban J connectivity index is 2.12. The van der Waals surface area contributed by atoms with Crippen molar-refractivity contribution in [2.24, 2.45) is 0 Å². The number of hydrogen-bond acceptors (Lipinski definition) is 6. The van der Waals surface area contributed by atoms with Gasteiger partial charge in [0.25, 0.3) is 11.6 Å². The molecule has 1 unspecified atom stereocenters. The molecule has 0 spiro atoms. The molecule has 3 aromatic rings. The highest BCUT2D eigenvalue weighted by Gasteiger charge is 2.21. The minimum atomic E-state index is -0.534. The molecular weight excluding hydrogens is 324 g/mol. The summed E-state index contributed by atoms with van der Waals surface area (Å²) in [4.78, 5) is 19.3. The standard InChI is InChI=1S/C17H16N4O2S/c1-4-11(8-18)19-16(22)12-7-13(14-6-5-9(2)24-14)20-17-15(12)10(3)21-23-17/h5-7,11H,4H2,1-3H3,(H,19,22). The van der Waals surface area contributed by atoms with Crippen LogP contribution in [0.4, 0.5) is 0 Å². The van der Waals surface area contributed by atoms with E-state index in [1.54, 1.807) is 24.3 Å². The van der Waals surface area contributed by atoms with Gasteiger partial charge in [0.2, 0.25) is 0 Å². The van der Waals surface area contributed by atoms with E-state index in [4.69, 9.17) is 9.78 Å². The number of pyridine rings is 1. The van der Waals surface area contributed by atoms with Crippen LogP contribution in [-0.4, -0.2) is 22.1 Å². The summed E-state index contributed by atoms with van der Waals surface area (Å²) in [7, 11) is 0. The van der Waals surface area contributed by atoms with E-state index in [9.17, 15) is 4.79 Å². The fourth-order valence-electron chi connectivity index (χ4n) is 2.43. The summed E-state index contributed by atoms with van der Waals surface area (Å²) in [6.07, 6.45) is 0.538. The predicted molar refractivity (Wildman–Crippen MR) is 91.7 cm³/mol. The van der Waals surface area contributed by atoms with Gasteiger partial charge < -0.3 is 9.84 Å². The first-order valence-electron chi connectivity index (χ1n) is 7.57. The summed E-state index contributed by atoms with van der Waals surface area (Å²) in [5, 5.41) is 16.3. The Kier molecular flexibility index (Phi) is 4.32. The van der Waals surface area contributed by atoms with Crippen LogP contribution < -0.4 is 5.32 Å². The summed E-state index contributed by atoms with van der Waals surface area (Å²) in [5.41, 5.74) is 2.01. The second-order valence-corrected chi connectivity index (χ2v) is 6.76. The number of nitrogens with zero attached hydrogens (tertiary/aromatic N) is 3. The fraction of sp³-hybridized carbons (Fsp3) is 0.294. The van der Waals surface area contributed by atoms with Crippen molar-refractivity contribution in [3.63, 3.8) is 0 Å². The number of aryl methyl sites for hydroxylation is 2. The van der Waals surface area contributed by atoms with E-state index in [0.29, 0.717) is 34.5 Å². The van der Waals surface area contributed by atoms with E-state index in [0.717, 1.165) is 9.75 Å². The van der Waals surface area contributed by atoms with Gasteiger partial charge in [-0.1, -0.05) is 12.1 Å². The van der Waals surface area contributed by atoms with Gasteiger partial charge in [-0.05, 0) is 38.5 Å². The lowest BCUT2D eigenvalue weighted by atomic mass is 10.1. The first-order chi connectivity index (χ1) is 11.5. The van der Waals surface area contributed by atoms with Crippen LogP contribution in [0.5, 0.6) is 0 Å². The lowest BCUT2D eigenvalue weighted by molar-refractivity contribution is 0.0946. The third-order valence-electron chi connectivity index (χ3n) is 3.72. The Labute approximate surface area is 143 Å². The SMILES string of the molecule is CCC(C#N)NC(=O)c1cc(-c2ccc(C)s2)nc2onc(C)c12. The van der Waals surface area contributed by atoms with Crippen LogP contribution in [0, 0.1) is 25.2 Å². The summed E-state index contributed by atoms with van der Waals surface area (Å²) < 4.78 is 5.26. The number of carbonyl (C=O) groups excluding carboxylic acids is 1. The van der Waals surface area contributed by atoms with E-state index in [1.165, 1.54) is 0 Å². The number of nitriles is 1. The second-order valence-electron chi connectivity index (χ2n) is 5.48. The van der Waals surface area contributed by atoms with Gasteiger partial charge in [-0.15, -0.1) is 11.3 Å². The van der Waals surface area contributed by atoms with Gasteiger partial charge in [0.1, 0.15) is 6.04 Å². The maximum absolute atomic E-state index is 12.7. The highest BCUT2D eigenvalue weighted by atomic mass is 32.1. The maximum Gasteiger partial charge on any atom is 0.259 e. The molecule has 0 aliphatic carbocycles. The van der Waals surface area contributed by atoms with Gasteiger partial charge in [0.05, 0.1) is 33.3 Å². The fourth-order valence-corrected chi connectivity index (χ4v) is 3.26. The Morgan fingerprint density at radius 1 is 1.46 bits per heavy atom. The molecule has 3 heterocycles. The summed E-state index contributed by atoms with van der Waals surface area (Å²) >= 11 is 1.59. The molecule has 0 saturated carbocycles. The van der Waals surface area contributed by atoms with E-state index in [2.05, 4.69) is 21.5 Å². The average molecular weight is 340 g/mol. The van der Waals surface area contributed by atoms with Crippen molar-refractivity contribution < 1.29 is 9.32 Å². The van der Waals surface area contributed by atoms with E-state index < -0.39 is 6.04 Å². The van der Waals surface area contributed by atoms with Crippen molar-refractivity contribution in [3.8, 4) is 16.6 Å². The van der Waals surface area contributed by atoms with E-state index in [1.807, 2.05) is 26.0 Å². The summed E-state index contributed by atoms with van der Waals surface area (Å²) in [6, 6.07) is 7.23. The van der Waals surface area contributed by atoms with E-state index in [-0.39, 0.29) is 5.91 Å². The molecule has 1 N–H and O–H groups in total. The highest BCUT2D eigenvalue weighted by Crippen LogP contribution is 2.31. The van der Waals surface area contributed by atoms with Crippen molar-refractivity contribution >= 4 is 28.3 Å². The van der Waals surface area contributed by atoms with Gasteiger partial charge >= 0.3 is 0 Å². The van der Waals surface area contributed by atoms with Crippen LogP contribution in [0.1, 0.15) is 34.3 Å². The highest BCUT2D eigenvalue weighted by molar-refractivity contribution is 7.15. The molecule has 0 aliphatic heterocycles. The molecule has 3 aromatic heterocycles. The van der Waals surface area contributed by atoms with Crippen LogP contribution in [0.2, 0.25) is 0 Å². The third kappa shape index (κ3) is 2.88. The smallest absolute Gasteiger partial charge is 0.259 e. The minimum Gasteiger partial charge on any atom is -0.336 e. The maximum atomic E-state index is 12.7. The number of aromatic nitrogens is 2. The Morgan fingerprint density at radius 2 is 2.25 bits per heavy atom. The summed E-state index contributed by atoms with van der Waals surface area (Å²) in [6.45, 7) is 5.62. The van der Waals surface area contributed by atoms with Crippen molar-refractivity contribution in [1.29, 1.82) is 5.26 Å². The molecule has 24 heavy (non-hydrogen) atoms. The molecule has 0 saturated heterocycles. The molecule has 0 aromatic carbocycles. The predicted octanol–water partition coefficient (Wildman–Crippen LogP) is 3.60. The molecule has 1 atom stereocenters. The Morgan fingerprint density at radius 3 is 2.88 bits per heavy atom. The van der Waals surface area contributed by atoms with Gasteiger partial charge in [0.15, 0.2) is 0 Å². The second kappa shape index (κ2) is 6.42. The molecule has 3 rings (SSSR count). The quantitative estimate of drug-likeness (QED) is 0.783. The summed E-state index contributed by atoms with van der Waals surface area (Å²) in [5.74, 6) is -0.323. The third-order valence-corrected chi connectivity index (χ3v) is 4.75. The molecule has 0 bridgehead atoms. The van der Waals surface area contributed by atoms with Crippen LogP contribution in [0.15, 0.2) is 22.7 Å². The molecule has 0 aliphatic rings. The number of fused-ring (bicyclic) bond motifs is 1. The first kappa shape index (κ1) is 16.1. The first-order valence-corrected chi connectivity index (χ1v) is 8.39. The number of carbonyl (C=O) groups is 1. The monoisotopic (exact) mass is 340 g/mol. The van der Waals surface area contributed by atoms with Gasteiger partial charge in [-0.2, -0.15) is 5.26 Å². The van der Waals surface area contributed by atoms with Crippen LogP contribution >= 0.6 is 11.3 Å². The Bertz CT molecular complexity index is 951. The van der Waals surface area contributed by atoms with Crippen molar-refractivity contribution in [2.45, 2.75) is 33.2 Å². The molecular formula is C17H16N4O2S. The minimum absolute atomic E-state index is 0.323. The molecule has 7 heteroatoms. The zero-order chi connectivity index (χ0) is 17.3. The molecule has 0 fully saturated rings. The molecule has 1 amide bonds. The largest absolute Gasteiger partial charge is 0.336 e. The topological polar surface area (TPSA) is 91.8 Å². The zero-order valence-electron chi connectivity index (χ0n) is 13.6. The van der Waals surface area contributed by atoms with Crippen LogP contribution in [0.25, 0.3) is 21.7 Å². The number of thiophene rings is 1. The number of rotatable bonds is 4. The van der Waals surface area contributed by atoms with E-state index >= 15 is 0 Å². The number of amides is 1. The van der Waals surface area contributed by atoms with Crippen molar-refractivity contribution in [1.82, 2.24) is 15.5 Å². The van der Waals surface area contributed by atoms with Crippen LogP contribution in [-0.2, 0) is 0 Å². The van der Waals surface area contributed by atoms with Crippen molar-refractivity contribution in [3.05, 3.63) is 34.3 Å². The van der Waals surface area contributed by atoms with Crippen molar-refractivity contribution in [2.75, 3.05) is 0 Å². The zero-order valence-corrected chi connectivity index (χ0v) is 14.4.